The van der Waals surface area contributed by atoms with Crippen LogP contribution in [-0.4, -0.2) is 13.1 Å². The quantitative estimate of drug-likeness (QED) is 0.899. The maximum absolute atomic E-state index is 6.08. The lowest BCUT2D eigenvalue weighted by molar-refractivity contribution is 0.649. The molecule has 0 fully saturated rings. The number of rotatable bonds is 3. The third-order valence-corrected chi connectivity index (χ3v) is 5.06. The van der Waals surface area contributed by atoms with Crippen LogP contribution in [0.25, 0.3) is 0 Å². The normalized spacial score (nSPS) is 15.2. The fraction of sp³-hybridized carbons (Fsp3) is 0.250. The van der Waals surface area contributed by atoms with Gasteiger partial charge in [0.05, 0.1) is 11.1 Å². The minimum absolute atomic E-state index is 0.187. The summed E-state index contributed by atoms with van der Waals surface area (Å²) >= 11 is 9.57. The van der Waals surface area contributed by atoms with Crippen LogP contribution in [0.2, 0.25) is 5.02 Å². The van der Waals surface area contributed by atoms with Gasteiger partial charge >= 0.3 is 0 Å². The molecule has 0 amide bonds. The maximum atomic E-state index is 6.08. The molecular formula is C16H16BrClN2. The topological polar surface area (TPSA) is 29.3 Å². The molecule has 1 unspecified atom stereocenters. The Morgan fingerprint density at radius 1 is 1.25 bits per heavy atom. The maximum Gasteiger partial charge on any atom is 0.0665 e. The summed E-state index contributed by atoms with van der Waals surface area (Å²) in [5, 5.41) is 0.728. The van der Waals surface area contributed by atoms with Crippen LogP contribution in [0.5, 0.6) is 0 Å². The van der Waals surface area contributed by atoms with Gasteiger partial charge in [-0.15, -0.1) is 0 Å². The molecule has 0 aromatic heterocycles. The van der Waals surface area contributed by atoms with E-state index in [0.717, 1.165) is 22.5 Å². The lowest BCUT2D eigenvalue weighted by atomic mass is 10.1. The highest BCUT2D eigenvalue weighted by molar-refractivity contribution is 9.10. The Kier molecular flexibility index (Phi) is 4.01. The molecule has 1 heterocycles. The number of nitrogens with zero attached hydrogens (tertiary/aromatic N) is 1. The molecule has 3 rings (SSSR count). The van der Waals surface area contributed by atoms with Crippen molar-refractivity contribution in [1.29, 1.82) is 0 Å². The molecule has 0 aliphatic carbocycles. The van der Waals surface area contributed by atoms with Gasteiger partial charge in [0.1, 0.15) is 0 Å². The van der Waals surface area contributed by atoms with E-state index in [1.54, 1.807) is 0 Å². The summed E-state index contributed by atoms with van der Waals surface area (Å²) in [6.45, 7) is 1.60. The summed E-state index contributed by atoms with van der Waals surface area (Å²) in [5.74, 6) is 0. The van der Waals surface area contributed by atoms with Crippen LogP contribution in [0.3, 0.4) is 0 Å². The van der Waals surface area contributed by atoms with E-state index in [-0.39, 0.29) is 6.04 Å². The van der Waals surface area contributed by atoms with Crippen LogP contribution in [0.15, 0.2) is 46.9 Å². The molecule has 0 radical (unpaired) electrons. The Morgan fingerprint density at radius 3 is 2.80 bits per heavy atom. The highest BCUT2D eigenvalue weighted by Crippen LogP contribution is 2.36. The molecule has 104 valence electrons. The van der Waals surface area contributed by atoms with Crippen molar-refractivity contribution in [2.24, 2.45) is 5.73 Å². The standard InChI is InChI=1S/C16H16BrClN2/c17-13-9-12(5-6-14(13)18)16(10-19)20-8-7-11-3-1-2-4-15(11)20/h1-6,9,16H,7-8,10,19H2. The molecule has 0 saturated carbocycles. The number of hydrogen-bond acceptors (Lipinski definition) is 2. The summed E-state index contributed by atoms with van der Waals surface area (Å²) in [5.41, 5.74) is 9.94. The number of hydrogen-bond donors (Lipinski definition) is 1. The first-order valence-electron chi connectivity index (χ1n) is 6.70. The molecule has 4 heteroatoms. The highest BCUT2D eigenvalue weighted by Gasteiger charge is 2.26. The molecule has 0 spiro atoms. The smallest absolute Gasteiger partial charge is 0.0665 e. The molecule has 1 atom stereocenters. The van der Waals surface area contributed by atoms with Gasteiger partial charge in [-0.25, -0.2) is 0 Å². The Labute approximate surface area is 132 Å². The van der Waals surface area contributed by atoms with Gasteiger partial charge in [0.15, 0.2) is 0 Å². The fourth-order valence-corrected chi connectivity index (χ4v) is 3.36. The molecule has 1 aliphatic rings. The largest absolute Gasteiger partial charge is 0.363 e. The second-order valence-electron chi connectivity index (χ2n) is 5.00. The van der Waals surface area contributed by atoms with Gasteiger partial charge in [0, 0.05) is 23.2 Å². The van der Waals surface area contributed by atoms with Gasteiger partial charge < -0.3 is 10.6 Å². The summed E-state index contributed by atoms with van der Waals surface area (Å²) in [6, 6.07) is 14.8. The van der Waals surface area contributed by atoms with Crippen molar-refractivity contribution in [1.82, 2.24) is 0 Å². The zero-order valence-electron chi connectivity index (χ0n) is 11.0. The van der Waals surface area contributed by atoms with Crippen molar-refractivity contribution in [3.05, 3.63) is 63.1 Å². The van der Waals surface area contributed by atoms with Crippen LogP contribution < -0.4 is 10.6 Å². The zero-order chi connectivity index (χ0) is 14.1. The average Bonchev–Trinajstić information content (AvgIpc) is 2.88. The number of benzene rings is 2. The molecule has 2 N–H and O–H groups in total. The van der Waals surface area contributed by atoms with Crippen LogP contribution in [0.4, 0.5) is 5.69 Å². The third-order valence-electron chi connectivity index (χ3n) is 3.85. The van der Waals surface area contributed by atoms with Crippen LogP contribution in [-0.2, 0) is 6.42 Å². The molecule has 2 aromatic carbocycles. The second kappa shape index (κ2) is 5.76. The van der Waals surface area contributed by atoms with E-state index >= 15 is 0 Å². The average molecular weight is 352 g/mol. The van der Waals surface area contributed by atoms with E-state index in [0.29, 0.717) is 6.54 Å². The summed E-state index contributed by atoms with van der Waals surface area (Å²) in [6.07, 6.45) is 1.08. The Morgan fingerprint density at radius 2 is 2.05 bits per heavy atom. The first-order valence-corrected chi connectivity index (χ1v) is 7.87. The fourth-order valence-electron chi connectivity index (χ4n) is 2.85. The van der Waals surface area contributed by atoms with Gasteiger partial charge in [0.25, 0.3) is 0 Å². The van der Waals surface area contributed by atoms with Crippen molar-refractivity contribution in [3.8, 4) is 0 Å². The lowest BCUT2D eigenvalue weighted by Crippen LogP contribution is -2.32. The first kappa shape index (κ1) is 13.9. The van der Waals surface area contributed by atoms with Crippen LogP contribution in [0, 0.1) is 0 Å². The summed E-state index contributed by atoms with van der Waals surface area (Å²) in [4.78, 5) is 2.39. The Balaban J connectivity index is 1.97. The van der Waals surface area contributed by atoms with E-state index in [1.165, 1.54) is 16.8 Å². The van der Waals surface area contributed by atoms with E-state index < -0.39 is 0 Å². The molecule has 0 saturated heterocycles. The minimum Gasteiger partial charge on any atom is -0.363 e. The van der Waals surface area contributed by atoms with Gasteiger partial charge in [-0.3, -0.25) is 0 Å². The Hall–Kier alpha value is -1.03. The summed E-state index contributed by atoms with van der Waals surface area (Å²) in [7, 11) is 0. The van der Waals surface area contributed by atoms with Gasteiger partial charge in [-0.2, -0.15) is 0 Å². The second-order valence-corrected chi connectivity index (χ2v) is 6.26. The first-order chi connectivity index (χ1) is 9.70. The molecule has 1 aliphatic heterocycles. The van der Waals surface area contributed by atoms with E-state index in [4.69, 9.17) is 17.3 Å². The van der Waals surface area contributed by atoms with Crippen molar-refractivity contribution in [2.75, 3.05) is 18.0 Å². The number of nitrogens with two attached hydrogens (primary N) is 1. The number of fused-ring (bicyclic) bond motifs is 1. The molecule has 20 heavy (non-hydrogen) atoms. The SMILES string of the molecule is NCC(c1ccc(Cl)c(Br)c1)N1CCc2ccccc21. The van der Waals surface area contributed by atoms with E-state index in [1.807, 2.05) is 6.07 Å². The van der Waals surface area contributed by atoms with Gasteiger partial charge in [0.2, 0.25) is 0 Å². The molecular weight excluding hydrogens is 336 g/mol. The van der Waals surface area contributed by atoms with Crippen molar-refractivity contribution in [2.45, 2.75) is 12.5 Å². The minimum atomic E-state index is 0.187. The summed E-state index contributed by atoms with van der Waals surface area (Å²) < 4.78 is 0.919. The van der Waals surface area contributed by atoms with Gasteiger partial charge in [-0.05, 0) is 51.7 Å². The molecule has 2 aromatic rings. The predicted molar refractivity (Wildman–Crippen MR) is 88.4 cm³/mol. The molecule has 2 nitrogen and oxygen atoms in total. The van der Waals surface area contributed by atoms with Gasteiger partial charge in [-0.1, -0.05) is 35.9 Å². The van der Waals surface area contributed by atoms with Crippen molar-refractivity contribution in [3.63, 3.8) is 0 Å². The van der Waals surface area contributed by atoms with Crippen LogP contribution in [0.1, 0.15) is 17.2 Å². The van der Waals surface area contributed by atoms with E-state index in [2.05, 4.69) is 57.2 Å². The number of para-hydroxylation sites is 1. The monoisotopic (exact) mass is 350 g/mol. The van der Waals surface area contributed by atoms with Crippen molar-refractivity contribution >= 4 is 33.2 Å². The highest BCUT2D eigenvalue weighted by atomic mass is 79.9. The third kappa shape index (κ3) is 2.46. The Bertz CT molecular complexity index is 630. The van der Waals surface area contributed by atoms with Crippen molar-refractivity contribution < 1.29 is 0 Å². The van der Waals surface area contributed by atoms with E-state index in [9.17, 15) is 0 Å². The molecule has 0 bridgehead atoms. The predicted octanol–water partition coefficient (Wildman–Crippen LogP) is 4.17. The lowest BCUT2D eigenvalue weighted by Gasteiger charge is -2.30. The number of anilines is 1. The number of halogens is 2. The van der Waals surface area contributed by atoms with Crippen LogP contribution >= 0.6 is 27.5 Å². The zero-order valence-corrected chi connectivity index (χ0v) is 13.4.